The van der Waals surface area contributed by atoms with Crippen molar-refractivity contribution in [3.8, 4) is 11.4 Å². The Morgan fingerprint density at radius 3 is 3.00 bits per heavy atom. The minimum Gasteiger partial charge on any atom is -0.352 e. The van der Waals surface area contributed by atoms with Crippen molar-refractivity contribution in [3.05, 3.63) is 30.1 Å². The van der Waals surface area contributed by atoms with Crippen LogP contribution in [0.3, 0.4) is 0 Å². The first-order valence-electron chi connectivity index (χ1n) is 8.63. The zero-order chi connectivity index (χ0) is 16.2. The van der Waals surface area contributed by atoms with Crippen LogP contribution in [0, 0.1) is 0 Å². The molecule has 0 saturated carbocycles. The van der Waals surface area contributed by atoms with Crippen molar-refractivity contribution in [2.75, 3.05) is 13.1 Å². The van der Waals surface area contributed by atoms with Crippen molar-refractivity contribution < 1.29 is 4.79 Å². The predicted molar refractivity (Wildman–Crippen MR) is 91.6 cm³/mol. The van der Waals surface area contributed by atoms with Crippen molar-refractivity contribution in [1.82, 2.24) is 20.2 Å². The van der Waals surface area contributed by atoms with E-state index in [4.69, 9.17) is 4.98 Å². The SMILES string of the molecule is CC[C@@H](C)NC(=O)Cn1cccc2cc(C3CCNCC3)nc1-2. The number of fused-ring (bicyclic) bond motifs is 1. The molecule has 0 aromatic rings. The van der Waals surface area contributed by atoms with Gasteiger partial charge in [-0.1, -0.05) is 6.92 Å². The number of nitrogens with one attached hydrogen (secondary N) is 2. The molecular formula is C18H26N4O. The molecule has 0 aromatic carbocycles. The summed E-state index contributed by atoms with van der Waals surface area (Å²) in [6, 6.07) is 6.47. The fraction of sp³-hybridized carbons (Fsp3) is 0.556. The maximum absolute atomic E-state index is 12.2. The van der Waals surface area contributed by atoms with Crippen LogP contribution in [0.15, 0.2) is 24.4 Å². The van der Waals surface area contributed by atoms with Gasteiger partial charge >= 0.3 is 0 Å². The molecule has 0 radical (unpaired) electrons. The summed E-state index contributed by atoms with van der Waals surface area (Å²) in [6.45, 7) is 6.54. The van der Waals surface area contributed by atoms with Gasteiger partial charge in [0.15, 0.2) is 0 Å². The van der Waals surface area contributed by atoms with Crippen molar-refractivity contribution in [3.63, 3.8) is 0 Å². The van der Waals surface area contributed by atoms with Crippen molar-refractivity contribution in [2.24, 2.45) is 0 Å². The summed E-state index contributed by atoms with van der Waals surface area (Å²) in [5.74, 6) is 1.50. The van der Waals surface area contributed by atoms with Crippen LogP contribution in [0.5, 0.6) is 0 Å². The third-order valence-corrected chi connectivity index (χ3v) is 4.70. The van der Waals surface area contributed by atoms with Gasteiger partial charge in [0.1, 0.15) is 12.4 Å². The molecule has 1 fully saturated rings. The smallest absolute Gasteiger partial charge is 0.240 e. The second-order valence-corrected chi connectivity index (χ2v) is 6.50. The second kappa shape index (κ2) is 7.13. The lowest BCUT2D eigenvalue weighted by atomic mass is 9.95. The molecule has 23 heavy (non-hydrogen) atoms. The van der Waals surface area contributed by atoms with Gasteiger partial charge in [-0.3, -0.25) is 4.79 Å². The number of carbonyl (C=O) groups excluding carboxylic acids is 1. The molecule has 1 amide bonds. The molecule has 0 spiro atoms. The lowest BCUT2D eigenvalue weighted by Crippen LogP contribution is -2.34. The topological polar surface area (TPSA) is 59.0 Å². The van der Waals surface area contributed by atoms with Crippen LogP contribution in [0.4, 0.5) is 0 Å². The fourth-order valence-electron chi connectivity index (χ4n) is 3.15. The normalized spacial score (nSPS) is 17.3. The average Bonchev–Trinajstić information content (AvgIpc) is 3.01. The summed E-state index contributed by atoms with van der Waals surface area (Å²) in [4.78, 5) is 17.0. The highest BCUT2D eigenvalue weighted by molar-refractivity contribution is 5.77. The van der Waals surface area contributed by atoms with Gasteiger partial charge in [-0.15, -0.1) is 0 Å². The molecule has 3 aliphatic rings. The van der Waals surface area contributed by atoms with E-state index in [-0.39, 0.29) is 11.9 Å². The van der Waals surface area contributed by atoms with Gasteiger partial charge in [-0.05, 0) is 57.5 Å². The lowest BCUT2D eigenvalue weighted by Gasteiger charge is -2.20. The van der Waals surface area contributed by atoms with Crippen LogP contribution in [0.25, 0.3) is 11.4 Å². The molecule has 0 bridgehead atoms. The van der Waals surface area contributed by atoms with E-state index in [1.807, 2.05) is 23.8 Å². The van der Waals surface area contributed by atoms with E-state index in [0.717, 1.165) is 43.7 Å². The number of pyridine rings is 1. The highest BCUT2D eigenvalue weighted by Gasteiger charge is 2.21. The first-order chi connectivity index (χ1) is 11.2. The first kappa shape index (κ1) is 16.0. The summed E-state index contributed by atoms with van der Waals surface area (Å²) in [7, 11) is 0. The van der Waals surface area contributed by atoms with E-state index in [0.29, 0.717) is 12.5 Å². The molecular weight excluding hydrogens is 288 g/mol. The van der Waals surface area contributed by atoms with Gasteiger partial charge in [0, 0.05) is 29.4 Å². The zero-order valence-electron chi connectivity index (χ0n) is 14.0. The second-order valence-electron chi connectivity index (χ2n) is 6.50. The van der Waals surface area contributed by atoms with E-state index in [1.54, 1.807) is 0 Å². The number of amides is 1. The molecule has 0 aliphatic carbocycles. The maximum Gasteiger partial charge on any atom is 0.240 e. The Kier molecular flexibility index (Phi) is 4.96. The fourth-order valence-corrected chi connectivity index (χ4v) is 3.15. The Bertz CT molecular complexity index is 630. The average molecular weight is 314 g/mol. The Morgan fingerprint density at radius 2 is 2.26 bits per heavy atom. The predicted octanol–water partition coefficient (Wildman–Crippen LogP) is 2.37. The number of hydrogen-bond donors (Lipinski definition) is 2. The zero-order valence-corrected chi connectivity index (χ0v) is 14.0. The molecule has 5 heteroatoms. The van der Waals surface area contributed by atoms with Gasteiger partial charge in [0.2, 0.25) is 5.91 Å². The Balaban J connectivity index is 1.78. The highest BCUT2D eigenvalue weighted by atomic mass is 16.2. The summed E-state index contributed by atoms with van der Waals surface area (Å²) in [6.07, 6.45) is 5.16. The van der Waals surface area contributed by atoms with Crippen LogP contribution in [0.2, 0.25) is 0 Å². The van der Waals surface area contributed by atoms with Gasteiger partial charge in [-0.25, -0.2) is 4.98 Å². The first-order valence-corrected chi connectivity index (χ1v) is 8.63. The maximum atomic E-state index is 12.2. The number of rotatable bonds is 5. The van der Waals surface area contributed by atoms with E-state index in [9.17, 15) is 4.79 Å². The standard InChI is InChI=1S/C18H26N4O/c1-3-13(2)20-17(23)12-22-10-4-5-15-11-16(21-18(15)22)14-6-8-19-9-7-14/h4-5,10-11,13-14,19H,3,6-9,12H2,1-2H3,(H,20,23)/t13-/m1/s1. The van der Waals surface area contributed by atoms with E-state index < -0.39 is 0 Å². The van der Waals surface area contributed by atoms with Crippen LogP contribution in [-0.2, 0) is 11.3 Å². The number of aromatic nitrogens is 2. The van der Waals surface area contributed by atoms with Crippen molar-refractivity contribution in [2.45, 2.75) is 51.6 Å². The van der Waals surface area contributed by atoms with E-state index in [2.05, 4.69) is 29.7 Å². The Morgan fingerprint density at radius 1 is 1.48 bits per heavy atom. The number of piperidine rings is 1. The number of carbonyl (C=O) groups is 1. The van der Waals surface area contributed by atoms with E-state index >= 15 is 0 Å². The van der Waals surface area contributed by atoms with Gasteiger partial charge in [0.25, 0.3) is 0 Å². The van der Waals surface area contributed by atoms with E-state index in [1.165, 1.54) is 5.69 Å². The lowest BCUT2D eigenvalue weighted by molar-refractivity contribution is -0.122. The summed E-state index contributed by atoms with van der Waals surface area (Å²) in [5.41, 5.74) is 2.29. The molecule has 2 N–H and O–H groups in total. The minimum absolute atomic E-state index is 0.0447. The molecule has 0 aromatic heterocycles. The largest absolute Gasteiger partial charge is 0.352 e. The van der Waals surface area contributed by atoms with Crippen molar-refractivity contribution in [1.29, 1.82) is 0 Å². The van der Waals surface area contributed by atoms with Crippen molar-refractivity contribution >= 4 is 5.91 Å². The number of nitrogens with zero attached hydrogens (tertiary/aromatic N) is 2. The summed E-state index contributed by atoms with van der Waals surface area (Å²) >= 11 is 0. The van der Waals surface area contributed by atoms with Crippen LogP contribution < -0.4 is 10.6 Å². The molecule has 3 heterocycles. The molecule has 124 valence electrons. The molecule has 3 rings (SSSR count). The Labute approximate surface area is 137 Å². The summed E-state index contributed by atoms with van der Waals surface area (Å²) in [5, 5.41) is 6.41. The van der Waals surface area contributed by atoms with Crippen LogP contribution >= 0.6 is 0 Å². The molecule has 0 unspecified atom stereocenters. The van der Waals surface area contributed by atoms with Gasteiger partial charge in [0.05, 0.1) is 0 Å². The van der Waals surface area contributed by atoms with Crippen LogP contribution in [0.1, 0.15) is 44.7 Å². The highest BCUT2D eigenvalue weighted by Crippen LogP contribution is 2.30. The molecule has 3 aliphatic heterocycles. The quantitative estimate of drug-likeness (QED) is 0.891. The van der Waals surface area contributed by atoms with Crippen LogP contribution in [-0.4, -0.2) is 34.6 Å². The molecule has 1 saturated heterocycles. The van der Waals surface area contributed by atoms with Gasteiger partial charge in [-0.2, -0.15) is 0 Å². The summed E-state index contributed by atoms with van der Waals surface area (Å²) < 4.78 is 1.96. The van der Waals surface area contributed by atoms with Gasteiger partial charge < -0.3 is 15.2 Å². The monoisotopic (exact) mass is 314 g/mol. The Hall–Kier alpha value is -1.88. The molecule has 5 nitrogen and oxygen atoms in total. The number of hydrogen-bond acceptors (Lipinski definition) is 3. The third kappa shape index (κ3) is 3.72. The third-order valence-electron chi connectivity index (χ3n) is 4.70. The minimum atomic E-state index is 0.0447. The molecule has 1 atom stereocenters.